The van der Waals surface area contributed by atoms with Gasteiger partial charge in [-0.05, 0) is 38.5 Å². The standard InChI is InChI=1S/C14H17BrN2S/c1-9(12-4-6-13(15)7-5-12)17-11(3)14-10(2)16-8-18-14/h4-9,11,17H,1-3H3/t9-,11?/m1/s1. The van der Waals surface area contributed by atoms with E-state index in [2.05, 4.69) is 71.3 Å². The zero-order chi connectivity index (χ0) is 13.1. The summed E-state index contributed by atoms with van der Waals surface area (Å²) in [5, 5.41) is 3.61. The molecule has 1 N–H and O–H groups in total. The summed E-state index contributed by atoms with van der Waals surface area (Å²) in [7, 11) is 0. The van der Waals surface area contributed by atoms with E-state index in [1.807, 2.05) is 5.51 Å². The van der Waals surface area contributed by atoms with Gasteiger partial charge in [-0.25, -0.2) is 4.98 Å². The Kier molecular flexibility index (Phi) is 4.54. The van der Waals surface area contributed by atoms with E-state index < -0.39 is 0 Å². The van der Waals surface area contributed by atoms with E-state index in [1.54, 1.807) is 11.3 Å². The molecule has 0 bridgehead atoms. The van der Waals surface area contributed by atoms with Gasteiger partial charge in [-0.15, -0.1) is 11.3 Å². The molecule has 96 valence electrons. The fraction of sp³-hybridized carbons (Fsp3) is 0.357. The number of nitrogens with one attached hydrogen (secondary N) is 1. The first-order valence-corrected chi connectivity index (χ1v) is 7.66. The molecule has 1 unspecified atom stereocenters. The van der Waals surface area contributed by atoms with Crippen molar-refractivity contribution in [3.63, 3.8) is 0 Å². The van der Waals surface area contributed by atoms with Gasteiger partial charge in [-0.3, -0.25) is 0 Å². The van der Waals surface area contributed by atoms with Crippen LogP contribution in [0.15, 0.2) is 34.2 Å². The number of aryl methyl sites for hydroxylation is 1. The summed E-state index contributed by atoms with van der Waals surface area (Å²) >= 11 is 5.18. The van der Waals surface area contributed by atoms with Crippen molar-refractivity contribution >= 4 is 27.3 Å². The Morgan fingerprint density at radius 3 is 2.39 bits per heavy atom. The topological polar surface area (TPSA) is 24.9 Å². The molecular weight excluding hydrogens is 308 g/mol. The number of hydrogen-bond acceptors (Lipinski definition) is 3. The molecule has 2 aromatic rings. The highest BCUT2D eigenvalue weighted by Crippen LogP contribution is 2.25. The lowest BCUT2D eigenvalue weighted by Gasteiger charge is -2.20. The molecule has 0 aliphatic rings. The van der Waals surface area contributed by atoms with Crippen LogP contribution in [0.2, 0.25) is 0 Å². The van der Waals surface area contributed by atoms with Gasteiger partial charge in [0.25, 0.3) is 0 Å². The van der Waals surface area contributed by atoms with E-state index in [1.165, 1.54) is 10.4 Å². The summed E-state index contributed by atoms with van der Waals surface area (Å²) in [5.41, 5.74) is 4.34. The molecular formula is C14H17BrN2S. The van der Waals surface area contributed by atoms with Crippen molar-refractivity contribution in [1.82, 2.24) is 10.3 Å². The van der Waals surface area contributed by atoms with Gasteiger partial charge in [0.15, 0.2) is 0 Å². The maximum absolute atomic E-state index is 4.30. The molecule has 0 radical (unpaired) electrons. The largest absolute Gasteiger partial charge is 0.303 e. The van der Waals surface area contributed by atoms with E-state index >= 15 is 0 Å². The van der Waals surface area contributed by atoms with Crippen LogP contribution in [0.5, 0.6) is 0 Å². The molecule has 2 rings (SSSR count). The first kappa shape index (κ1) is 13.7. The zero-order valence-electron chi connectivity index (χ0n) is 10.8. The lowest BCUT2D eigenvalue weighted by Crippen LogP contribution is -2.22. The maximum atomic E-state index is 4.30. The summed E-state index contributed by atoms with van der Waals surface area (Å²) in [6.45, 7) is 6.44. The second-order valence-corrected chi connectivity index (χ2v) is 6.27. The maximum Gasteiger partial charge on any atom is 0.0798 e. The highest BCUT2D eigenvalue weighted by Gasteiger charge is 2.14. The van der Waals surface area contributed by atoms with Crippen molar-refractivity contribution in [2.24, 2.45) is 0 Å². The Balaban J connectivity index is 2.05. The van der Waals surface area contributed by atoms with Gasteiger partial charge in [-0.2, -0.15) is 0 Å². The number of nitrogens with zero attached hydrogens (tertiary/aromatic N) is 1. The lowest BCUT2D eigenvalue weighted by molar-refractivity contribution is 0.498. The number of halogens is 1. The van der Waals surface area contributed by atoms with Crippen molar-refractivity contribution in [3.05, 3.63) is 50.4 Å². The van der Waals surface area contributed by atoms with Crippen molar-refractivity contribution < 1.29 is 0 Å². The minimum absolute atomic E-state index is 0.328. The molecule has 18 heavy (non-hydrogen) atoms. The van der Waals surface area contributed by atoms with Crippen molar-refractivity contribution in [2.75, 3.05) is 0 Å². The lowest BCUT2D eigenvalue weighted by atomic mass is 10.1. The van der Waals surface area contributed by atoms with Crippen LogP contribution >= 0.6 is 27.3 Å². The van der Waals surface area contributed by atoms with E-state index in [0.29, 0.717) is 12.1 Å². The van der Waals surface area contributed by atoms with Gasteiger partial charge < -0.3 is 5.32 Å². The van der Waals surface area contributed by atoms with Crippen LogP contribution in [0.3, 0.4) is 0 Å². The number of thiazole rings is 1. The molecule has 0 aliphatic carbocycles. The highest BCUT2D eigenvalue weighted by molar-refractivity contribution is 9.10. The first-order chi connectivity index (χ1) is 8.58. The molecule has 2 nitrogen and oxygen atoms in total. The predicted molar refractivity (Wildman–Crippen MR) is 81.0 cm³/mol. The van der Waals surface area contributed by atoms with Gasteiger partial charge in [0.2, 0.25) is 0 Å². The molecule has 1 aromatic carbocycles. The van der Waals surface area contributed by atoms with Gasteiger partial charge in [0.1, 0.15) is 0 Å². The molecule has 0 amide bonds. The summed E-state index contributed by atoms with van der Waals surface area (Å²) in [4.78, 5) is 5.62. The summed E-state index contributed by atoms with van der Waals surface area (Å²) in [6.07, 6.45) is 0. The zero-order valence-corrected chi connectivity index (χ0v) is 13.2. The van der Waals surface area contributed by atoms with E-state index in [-0.39, 0.29) is 0 Å². The second kappa shape index (κ2) is 5.95. The fourth-order valence-corrected chi connectivity index (χ4v) is 3.11. The minimum Gasteiger partial charge on any atom is -0.303 e. The van der Waals surface area contributed by atoms with Crippen LogP contribution in [0, 0.1) is 6.92 Å². The summed E-state index contributed by atoms with van der Waals surface area (Å²) in [5.74, 6) is 0. The molecule has 0 aliphatic heterocycles. The normalized spacial score (nSPS) is 14.4. The molecule has 0 fully saturated rings. The van der Waals surface area contributed by atoms with Crippen molar-refractivity contribution in [3.8, 4) is 0 Å². The number of benzene rings is 1. The number of aromatic nitrogens is 1. The van der Waals surface area contributed by atoms with E-state index in [9.17, 15) is 0 Å². The average molecular weight is 325 g/mol. The van der Waals surface area contributed by atoms with Crippen LogP contribution in [0.1, 0.15) is 42.1 Å². The van der Waals surface area contributed by atoms with Crippen LogP contribution < -0.4 is 5.32 Å². The predicted octanol–water partition coefficient (Wildman–Crippen LogP) is 4.63. The third-order valence-corrected chi connectivity index (χ3v) is 4.69. The quantitative estimate of drug-likeness (QED) is 0.887. The fourth-order valence-electron chi connectivity index (χ4n) is 2.02. The third kappa shape index (κ3) is 3.19. The Morgan fingerprint density at radius 2 is 1.83 bits per heavy atom. The second-order valence-electron chi connectivity index (χ2n) is 4.46. The van der Waals surface area contributed by atoms with E-state index in [4.69, 9.17) is 0 Å². The summed E-state index contributed by atoms with van der Waals surface area (Å²) in [6, 6.07) is 9.11. The van der Waals surface area contributed by atoms with Gasteiger partial charge in [0, 0.05) is 21.4 Å². The number of rotatable bonds is 4. The Bertz CT molecular complexity index is 507. The summed E-state index contributed by atoms with van der Waals surface area (Å²) < 4.78 is 1.12. The monoisotopic (exact) mass is 324 g/mol. The highest BCUT2D eigenvalue weighted by atomic mass is 79.9. The molecule has 1 aromatic heterocycles. The smallest absolute Gasteiger partial charge is 0.0798 e. The molecule has 2 atom stereocenters. The average Bonchev–Trinajstić information content (AvgIpc) is 2.76. The Morgan fingerprint density at radius 1 is 1.17 bits per heavy atom. The van der Waals surface area contributed by atoms with Gasteiger partial charge in [0.05, 0.1) is 11.2 Å². The van der Waals surface area contributed by atoms with Crippen LogP contribution in [-0.2, 0) is 0 Å². The Labute approximate surface area is 121 Å². The third-order valence-electron chi connectivity index (χ3n) is 3.05. The van der Waals surface area contributed by atoms with E-state index in [0.717, 1.165) is 10.2 Å². The first-order valence-electron chi connectivity index (χ1n) is 5.99. The SMILES string of the molecule is Cc1ncsc1C(C)N[C@H](C)c1ccc(Br)cc1. The number of hydrogen-bond donors (Lipinski definition) is 1. The van der Waals surface area contributed by atoms with Gasteiger partial charge >= 0.3 is 0 Å². The molecule has 4 heteroatoms. The molecule has 1 heterocycles. The van der Waals surface area contributed by atoms with Crippen molar-refractivity contribution in [2.45, 2.75) is 32.9 Å². The molecule has 0 saturated carbocycles. The van der Waals surface area contributed by atoms with Gasteiger partial charge in [-0.1, -0.05) is 28.1 Å². The van der Waals surface area contributed by atoms with Crippen LogP contribution in [-0.4, -0.2) is 4.98 Å². The van der Waals surface area contributed by atoms with Crippen LogP contribution in [0.4, 0.5) is 0 Å². The molecule has 0 spiro atoms. The van der Waals surface area contributed by atoms with Crippen LogP contribution in [0.25, 0.3) is 0 Å². The molecule has 0 saturated heterocycles. The van der Waals surface area contributed by atoms with Crippen molar-refractivity contribution in [1.29, 1.82) is 0 Å². The Hall–Kier alpha value is -0.710. The minimum atomic E-state index is 0.328.